The van der Waals surface area contributed by atoms with Gasteiger partial charge in [0.25, 0.3) is 0 Å². The average Bonchev–Trinajstić information content (AvgIpc) is 2.04. The fourth-order valence-corrected chi connectivity index (χ4v) is 2.02. The van der Waals surface area contributed by atoms with Crippen LogP contribution < -0.4 is 0 Å². The number of fused-ring (bicyclic) bond motifs is 1. The third-order valence-electron chi connectivity index (χ3n) is 2.63. The van der Waals surface area contributed by atoms with Gasteiger partial charge in [-0.1, -0.05) is 18.2 Å². The zero-order chi connectivity index (χ0) is 8.55. The number of alkyl halides is 1. The van der Waals surface area contributed by atoms with Gasteiger partial charge in [0.15, 0.2) is 0 Å². The maximum Gasteiger partial charge on any atom is 0.126 e. The van der Waals surface area contributed by atoms with E-state index in [4.69, 9.17) is 0 Å². The first-order chi connectivity index (χ1) is 5.79. The first-order valence-corrected chi connectivity index (χ1v) is 4.51. The Balaban J connectivity index is 2.53. The molecule has 1 aromatic carbocycles. The van der Waals surface area contributed by atoms with Crippen molar-refractivity contribution in [2.24, 2.45) is 0 Å². The predicted octanol–water partition coefficient (Wildman–Crippen LogP) is 3.34. The van der Waals surface area contributed by atoms with Crippen LogP contribution in [0.15, 0.2) is 18.2 Å². The van der Waals surface area contributed by atoms with Gasteiger partial charge in [0.05, 0.1) is 0 Å². The fourth-order valence-electron chi connectivity index (χ4n) is 2.02. The highest BCUT2D eigenvalue weighted by atomic mass is 19.1. The lowest BCUT2D eigenvalue weighted by Crippen LogP contribution is -2.07. The third-order valence-corrected chi connectivity index (χ3v) is 2.63. The molecule has 0 radical (unpaired) electrons. The molecule has 0 nitrogen and oxygen atoms in total. The molecule has 0 amide bonds. The van der Waals surface area contributed by atoms with Crippen LogP contribution in [0.5, 0.6) is 0 Å². The van der Waals surface area contributed by atoms with E-state index in [-0.39, 0.29) is 0 Å². The molecule has 0 saturated carbocycles. The minimum absolute atomic E-state index is 0.706. The van der Waals surface area contributed by atoms with E-state index in [1.165, 1.54) is 5.56 Å². The quantitative estimate of drug-likeness (QED) is 0.551. The number of aryl methyl sites for hydroxylation is 2. The first kappa shape index (κ1) is 7.78. The van der Waals surface area contributed by atoms with Crippen LogP contribution in [0.25, 0.3) is 0 Å². The molecule has 1 aliphatic rings. The summed E-state index contributed by atoms with van der Waals surface area (Å²) in [5, 5.41) is 0. The van der Waals surface area contributed by atoms with Crippen LogP contribution >= 0.6 is 0 Å². The zero-order valence-corrected chi connectivity index (χ0v) is 7.31. The zero-order valence-electron chi connectivity index (χ0n) is 7.31. The molecule has 0 bridgehead atoms. The third kappa shape index (κ3) is 1.13. The van der Waals surface area contributed by atoms with E-state index in [2.05, 4.69) is 0 Å². The monoisotopic (exact) mass is 164 g/mol. The number of rotatable bonds is 0. The molecule has 0 aromatic heterocycles. The van der Waals surface area contributed by atoms with Gasteiger partial charge in [0, 0.05) is 0 Å². The first-order valence-electron chi connectivity index (χ1n) is 4.51. The highest BCUT2D eigenvalue weighted by molar-refractivity contribution is 5.37. The van der Waals surface area contributed by atoms with Gasteiger partial charge in [-0.3, -0.25) is 0 Å². The Kier molecular flexibility index (Phi) is 1.87. The van der Waals surface area contributed by atoms with Crippen molar-refractivity contribution in [3.8, 4) is 0 Å². The van der Waals surface area contributed by atoms with Crippen LogP contribution in [0.4, 0.5) is 4.39 Å². The van der Waals surface area contributed by atoms with Crippen LogP contribution in [-0.2, 0) is 6.42 Å². The van der Waals surface area contributed by atoms with Gasteiger partial charge in [0.2, 0.25) is 0 Å². The Morgan fingerprint density at radius 1 is 1.42 bits per heavy atom. The van der Waals surface area contributed by atoms with Crippen molar-refractivity contribution in [3.63, 3.8) is 0 Å². The van der Waals surface area contributed by atoms with Gasteiger partial charge in [-0.25, -0.2) is 4.39 Å². The molecule has 0 heterocycles. The molecule has 0 aliphatic heterocycles. The van der Waals surface area contributed by atoms with Crippen molar-refractivity contribution < 1.29 is 4.39 Å². The second-order valence-electron chi connectivity index (χ2n) is 3.51. The van der Waals surface area contributed by atoms with Crippen LogP contribution in [0.2, 0.25) is 0 Å². The van der Waals surface area contributed by atoms with Crippen LogP contribution in [-0.4, -0.2) is 0 Å². The van der Waals surface area contributed by atoms with E-state index >= 15 is 0 Å². The summed E-state index contributed by atoms with van der Waals surface area (Å²) in [4.78, 5) is 0. The molecule has 1 heteroatoms. The summed E-state index contributed by atoms with van der Waals surface area (Å²) >= 11 is 0. The molecule has 1 unspecified atom stereocenters. The van der Waals surface area contributed by atoms with Gasteiger partial charge >= 0.3 is 0 Å². The van der Waals surface area contributed by atoms with Gasteiger partial charge in [-0.15, -0.1) is 0 Å². The van der Waals surface area contributed by atoms with Crippen molar-refractivity contribution in [3.05, 3.63) is 34.9 Å². The number of halogens is 1. The molecule has 0 saturated heterocycles. The smallest absolute Gasteiger partial charge is 0.126 e. The molecule has 1 atom stereocenters. The summed E-state index contributed by atoms with van der Waals surface area (Å²) in [7, 11) is 0. The summed E-state index contributed by atoms with van der Waals surface area (Å²) in [5.74, 6) is 0. The summed E-state index contributed by atoms with van der Waals surface area (Å²) in [6, 6.07) is 6.07. The lowest BCUT2D eigenvalue weighted by molar-refractivity contribution is 0.301. The average molecular weight is 164 g/mol. The number of benzene rings is 1. The lowest BCUT2D eigenvalue weighted by atomic mass is 9.87. The Bertz CT molecular complexity index is 291. The minimum Gasteiger partial charge on any atom is -0.242 e. The molecule has 0 N–H and O–H groups in total. The van der Waals surface area contributed by atoms with Crippen molar-refractivity contribution in [1.82, 2.24) is 0 Å². The highest BCUT2D eigenvalue weighted by Crippen LogP contribution is 2.34. The molecule has 12 heavy (non-hydrogen) atoms. The van der Waals surface area contributed by atoms with Crippen LogP contribution in [0.3, 0.4) is 0 Å². The van der Waals surface area contributed by atoms with E-state index in [1.54, 1.807) is 0 Å². The van der Waals surface area contributed by atoms with E-state index in [1.807, 2.05) is 25.1 Å². The van der Waals surface area contributed by atoms with Crippen molar-refractivity contribution >= 4 is 0 Å². The number of hydrogen-bond donors (Lipinski definition) is 0. The van der Waals surface area contributed by atoms with Crippen molar-refractivity contribution in [1.29, 1.82) is 0 Å². The lowest BCUT2D eigenvalue weighted by Gasteiger charge is -2.21. The molecule has 0 spiro atoms. The van der Waals surface area contributed by atoms with Crippen LogP contribution in [0.1, 0.15) is 35.7 Å². The summed E-state index contributed by atoms with van der Waals surface area (Å²) in [6.45, 7) is 2.00. The largest absolute Gasteiger partial charge is 0.242 e. The van der Waals surface area contributed by atoms with E-state index < -0.39 is 6.17 Å². The number of hydrogen-bond acceptors (Lipinski definition) is 0. The Hall–Kier alpha value is -0.850. The summed E-state index contributed by atoms with van der Waals surface area (Å²) < 4.78 is 13.4. The van der Waals surface area contributed by atoms with E-state index in [0.717, 1.165) is 24.0 Å². The van der Waals surface area contributed by atoms with E-state index in [9.17, 15) is 4.39 Å². The molecule has 0 fully saturated rings. The second-order valence-corrected chi connectivity index (χ2v) is 3.51. The molecular formula is C11H13F. The molecule has 1 aromatic rings. The van der Waals surface area contributed by atoms with Gasteiger partial charge in [0.1, 0.15) is 6.17 Å². The fraction of sp³-hybridized carbons (Fsp3) is 0.455. The minimum atomic E-state index is -0.713. The van der Waals surface area contributed by atoms with Gasteiger partial charge in [-0.2, -0.15) is 0 Å². The predicted molar refractivity (Wildman–Crippen MR) is 48.0 cm³/mol. The summed E-state index contributed by atoms with van der Waals surface area (Å²) in [6.07, 6.45) is 2.04. The second kappa shape index (κ2) is 2.89. The van der Waals surface area contributed by atoms with Crippen molar-refractivity contribution in [2.75, 3.05) is 0 Å². The molecule has 1 aliphatic carbocycles. The van der Waals surface area contributed by atoms with E-state index in [0.29, 0.717) is 6.42 Å². The standard InChI is InChI=1S/C11H13F/c1-8-4-2-5-9-6-3-7-10(12)11(8)9/h2,4-5,10H,3,6-7H2,1H3. The Morgan fingerprint density at radius 3 is 3.00 bits per heavy atom. The molecule has 64 valence electrons. The van der Waals surface area contributed by atoms with Gasteiger partial charge in [-0.05, 0) is 42.9 Å². The van der Waals surface area contributed by atoms with Gasteiger partial charge < -0.3 is 0 Å². The summed E-state index contributed by atoms with van der Waals surface area (Å²) in [5.41, 5.74) is 3.29. The maximum atomic E-state index is 13.4. The molecule has 2 rings (SSSR count). The normalized spacial score (nSPS) is 22.0. The van der Waals surface area contributed by atoms with Crippen molar-refractivity contribution in [2.45, 2.75) is 32.4 Å². The Labute approximate surface area is 72.4 Å². The molecular weight excluding hydrogens is 151 g/mol. The topological polar surface area (TPSA) is 0 Å². The Morgan fingerprint density at radius 2 is 2.25 bits per heavy atom. The highest BCUT2D eigenvalue weighted by Gasteiger charge is 2.20. The maximum absolute atomic E-state index is 13.4. The SMILES string of the molecule is Cc1cccc2c1C(F)CCC2. The van der Waals surface area contributed by atoms with Crippen LogP contribution in [0, 0.1) is 6.92 Å².